The van der Waals surface area contributed by atoms with Gasteiger partial charge in [0.25, 0.3) is 5.56 Å². The number of aromatic nitrogens is 2. The van der Waals surface area contributed by atoms with E-state index < -0.39 is 0 Å². The topological polar surface area (TPSA) is 60.4 Å². The van der Waals surface area contributed by atoms with Gasteiger partial charge in [-0.1, -0.05) is 13.8 Å². The first-order valence-corrected chi connectivity index (χ1v) is 10.7. The van der Waals surface area contributed by atoms with E-state index in [2.05, 4.69) is 23.3 Å². The molecular formula is C25H25N3O3. The third-order valence-corrected chi connectivity index (χ3v) is 6.41. The van der Waals surface area contributed by atoms with Crippen molar-refractivity contribution in [2.75, 3.05) is 19.6 Å². The highest BCUT2D eigenvalue weighted by Crippen LogP contribution is 2.37. The van der Waals surface area contributed by atoms with Crippen LogP contribution < -0.4 is 11.0 Å². The highest BCUT2D eigenvalue weighted by Gasteiger charge is 2.19. The maximum atomic E-state index is 12.8. The van der Waals surface area contributed by atoms with Gasteiger partial charge in [0.1, 0.15) is 5.58 Å². The third kappa shape index (κ3) is 2.90. The maximum Gasteiger partial charge on any atom is 0.258 e. The van der Waals surface area contributed by atoms with E-state index in [0.29, 0.717) is 16.4 Å². The number of aryl methyl sites for hydroxylation is 1. The van der Waals surface area contributed by atoms with Crippen LogP contribution in [0.4, 0.5) is 0 Å². The lowest BCUT2D eigenvalue weighted by atomic mass is 10.0. The van der Waals surface area contributed by atoms with Crippen LogP contribution in [0.3, 0.4) is 0 Å². The summed E-state index contributed by atoms with van der Waals surface area (Å²) < 4.78 is 9.76. The summed E-state index contributed by atoms with van der Waals surface area (Å²) in [6, 6.07) is 11.2. The van der Waals surface area contributed by atoms with Gasteiger partial charge in [-0.25, -0.2) is 0 Å². The Morgan fingerprint density at radius 2 is 1.58 bits per heavy atom. The Bertz CT molecular complexity index is 1570. The van der Waals surface area contributed by atoms with Crippen molar-refractivity contribution < 1.29 is 4.42 Å². The summed E-state index contributed by atoms with van der Waals surface area (Å²) in [6.45, 7) is 8.04. The Morgan fingerprint density at radius 3 is 2.32 bits per heavy atom. The monoisotopic (exact) mass is 415 g/mol. The fourth-order valence-electron chi connectivity index (χ4n) is 4.66. The van der Waals surface area contributed by atoms with Crippen LogP contribution in [0.1, 0.15) is 13.8 Å². The van der Waals surface area contributed by atoms with Gasteiger partial charge in [0, 0.05) is 48.7 Å². The van der Waals surface area contributed by atoms with E-state index in [1.807, 2.05) is 30.3 Å². The van der Waals surface area contributed by atoms with Gasteiger partial charge in [-0.15, -0.1) is 0 Å². The minimum Gasteiger partial charge on any atom is -0.463 e. The fourth-order valence-corrected chi connectivity index (χ4v) is 4.66. The Kier molecular flexibility index (Phi) is 4.67. The van der Waals surface area contributed by atoms with Crippen LogP contribution in [0, 0.1) is 0 Å². The molecule has 6 heteroatoms. The molecule has 0 amide bonds. The fraction of sp³-hybridized carbons (Fsp3) is 0.280. The molecule has 5 rings (SSSR count). The van der Waals surface area contributed by atoms with Crippen LogP contribution in [-0.4, -0.2) is 33.7 Å². The summed E-state index contributed by atoms with van der Waals surface area (Å²) in [7, 11) is 1.76. The first-order chi connectivity index (χ1) is 15.0. The second kappa shape index (κ2) is 7.39. The summed E-state index contributed by atoms with van der Waals surface area (Å²) in [4.78, 5) is 27.7. The molecule has 0 atom stereocenters. The van der Waals surface area contributed by atoms with Crippen molar-refractivity contribution in [2.45, 2.75) is 20.4 Å². The van der Waals surface area contributed by atoms with Gasteiger partial charge in [-0.2, -0.15) is 0 Å². The number of hydrogen-bond acceptors (Lipinski definition) is 4. The molecule has 3 aromatic heterocycles. The molecule has 0 N–H and O–H groups in total. The second-order valence-electron chi connectivity index (χ2n) is 7.95. The normalized spacial score (nSPS) is 12.1. The van der Waals surface area contributed by atoms with E-state index >= 15 is 0 Å². The molecule has 3 heterocycles. The summed E-state index contributed by atoms with van der Waals surface area (Å²) in [6.07, 6.45) is 3.25. The molecule has 158 valence electrons. The zero-order chi connectivity index (χ0) is 21.7. The Morgan fingerprint density at radius 1 is 0.871 bits per heavy atom. The molecule has 5 aromatic rings. The van der Waals surface area contributed by atoms with Crippen molar-refractivity contribution in [1.29, 1.82) is 0 Å². The highest BCUT2D eigenvalue weighted by atomic mass is 16.3. The quantitative estimate of drug-likeness (QED) is 0.434. The van der Waals surface area contributed by atoms with Crippen LogP contribution >= 0.6 is 0 Å². The average Bonchev–Trinajstić information content (AvgIpc) is 3.11. The molecule has 0 radical (unpaired) electrons. The van der Waals surface area contributed by atoms with E-state index in [-0.39, 0.29) is 11.0 Å². The molecule has 0 spiro atoms. The Balaban J connectivity index is 1.95. The predicted octanol–water partition coefficient (Wildman–Crippen LogP) is 4.09. The average molecular weight is 415 g/mol. The van der Waals surface area contributed by atoms with Crippen molar-refractivity contribution in [3.8, 4) is 0 Å². The van der Waals surface area contributed by atoms with Crippen LogP contribution in [-0.2, 0) is 13.6 Å². The van der Waals surface area contributed by atoms with Crippen LogP contribution in [0.5, 0.6) is 0 Å². The molecule has 0 unspecified atom stereocenters. The molecular weight excluding hydrogens is 390 g/mol. The van der Waals surface area contributed by atoms with Gasteiger partial charge in [-0.05, 0) is 48.8 Å². The summed E-state index contributed by atoms with van der Waals surface area (Å²) >= 11 is 0. The van der Waals surface area contributed by atoms with Crippen LogP contribution in [0.15, 0.2) is 62.9 Å². The highest BCUT2D eigenvalue weighted by molar-refractivity contribution is 6.26. The smallest absolute Gasteiger partial charge is 0.258 e. The molecule has 2 aromatic carbocycles. The third-order valence-electron chi connectivity index (χ3n) is 6.41. The first-order valence-electron chi connectivity index (χ1n) is 10.7. The molecule has 0 saturated carbocycles. The zero-order valence-electron chi connectivity index (χ0n) is 18.0. The van der Waals surface area contributed by atoms with E-state index in [1.54, 1.807) is 17.8 Å². The number of fused-ring (bicyclic) bond motifs is 7. The number of benzene rings is 2. The van der Waals surface area contributed by atoms with Crippen molar-refractivity contribution in [3.05, 3.63) is 69.4 Å². The van der Waals surface area contributed by atoms with Crippen molar-refractivity contribution in [2.24, 2.45) is 7.05 Å². The lowest BCUT2D eigenvalue weighted by molar-refractivity contribution is 0.293. The molecule has 6 nitrogen and oxygen atoms in total. The van der Waals surface area contributed by atoms with Gasteiger partial charge in [0.05, 0.1) is 22.6 Å². The summed E-state index contributed by atoms with van der Waals surface area (Å²) in [5, 5.41) is 3.95. The largest absolute Gasteiger partial charge is 0.463 e. The Labute approximate surface area is 178 Å². The van der Waals surface area contributed by atoms with Gasteiger partial charge in [0.2, 0.25) is 0 Å². The minimum atomic E-state index is -0.0664. The van der Waals surface area contributed by atoms with Gasteiger partial charge in [-0.3, -0.25) is 9.59 Å². The summed E-state index contributed by atoms with van der Waals surface area (Å²) in [5.74, 6) is 0. The first kappa shape index (κ1) is 19.6. The number of pyridine rings is 1. The van der Waals surface area contributed by atoms with Crippen molar-refractivity contribution in [3.63, 3.8) is 0 Å². The number of likely N-dealkylation sites (N-methyl/N-ethyl adjacent to an activating group) is 1. The van der Waals surface area contributed by atoms with Gasteiger partial charge >= 0.3 is 0 Å². The SMILES string of the molecule is CCN(CC)CCn1c2ccc3c(=O)n(C)ccc3c2c2c3occc(=O)c3ccc21. The second-order valence-corrected chi connectivity index (χ2v) is 7.95. The predicted molar refractivity (Wildman–Crippen MR) is 126 cm³/mol. The number of rotatable bonds is 5. The lowest BCUT2D eigenvalue weighted by Crippen LogP contribution is -2.26. The van der Waals surface area contributed by atoms with Gasteiger partial charge < -0.3 is 18.5 Å². The molecule has 0 bridgehead atoms. The Hall–Kier alpha value is -3.38. The van der Waals surface area contributed by atoms with Crippen LogP contribution in [0.25, 0.3) is 43.5 Å². The van der Waals surface area contributed by atoms with E-state index in [9.17, 15) is 9.59 Å². The van der Waals surface area contributed by atoms with Crippen molar-refractivity contribution >= 4 is 43.5 Å². The molecule has 0 saturated heterocycles. The van der Waals surface area contributed by atoms with Crippen molar-refractivity contribution in [1.82, 2.24) is 14.0 Å². The zero-order valence-corrected chi connectivity index (χ0v) is 18.0. The summed E-state index contributed by atoms with van der Waals surface area (Å²) in [5.41, 5.74) is 2.53. The van der Waals surface area contributed by atoms with Crippen LogP contribution in [0.2, 0.25) is 0 Å². The standard InChI is InChI=1S/C25H25N3O3/c1-4-27(5-2)13-14-28-19-8-6-17-16(10-12-26(3)25(17)30)22(19)23-20(28)9-7-18-21(29)11-15-31-24(18)23/h6-12,15H,4-5,13-14H2,1-3H3. The van der Waals surface area contributed by atoms with Gasteiger partial charge in [0.15, 0.2) is 5.43 Å². The molecule has 0 fully saturated rings. The molecule has 0 aliphatic carbocycles. The number of hydrogen-bond donors (Lipinski definition) is 0. The van der Waals surface area contributed by atoms with E-state index in [4.69, 9.17) is 4.42 Å². The maximum absolute atomic E-state index is 12.8. The minimum absolute atomic E-state index is 0.0369. The molecule has 0 aliphatic heterocycles. The van der Waals surface area contributed by atoms with E-state index in [1.165, 1.54) is 12.3 Å². The van der Waals surface area contributed by atoms with E-state index in [0.717, 1.165) is 53.4 Å². The number of nitrogens with zero attached hydrogens (tertiary/aromatic N) is 3. The molecule has 0 aliphatic rings. The molecule has 31 heavy (non-hydrogen) atoms. The lowest BCUT2D eigenvalue weighted by Gasteiger charge is -2.19.